The van der Waals surface area contributed by atoms with Gasteiger partial charge in [0.2, 0.25) is 5.91 Å². The summed E-state index contributed by atoms with van der Waals surface area (Å²) in [7, 11) is 1.98. The first-order valence-electron chi connectivity index (χ1n) is 7.79. The van der Waals surface area contributed by atoms with Crippen molar-refractivity contribution in [2.45, 2.75) is 32.1 Å². The molecule has 0 aromatic heterocycles. The minimum atomic E-state index is 0. The van der Waals surface area contributed by atoms with Crippen LogP contribution in [0.25, 0.3) is 0 Å². The number of halogens is 1. The maximum Gasteiger partial charge on any atom is 0.226 e. The summed E-state index contributed by atoms with van der Waals surface area (Å²) in [5.41, 5.74) is 4.13. The van der Waals surface area contributed by atoms with Crippen LogP contribution in [-0.2, 0) is 24.1 Å². The largest absolute Gasteiger partial charge is 0.342 e. The van der Waals surface area contributed by atoms with Gasteiger partial charge < -0.3 is 10.2 Å². The summed E-state index contributed by atoms with van der Waals surface area (Å²) in [6, 6.07) is 6.61. The van der Waals surface area contributed by atoms with Crippen LogP contribution in [0.5, 0.6) is 0 Å². The smallest absolute Gasteiger partial charge is 0.226 e. The van der Waals surface area contributed by atoms with E-state index in [-0.39, 0.29) is 12.4 Å². The van der Waals surface area contributed by atoms with Gasteiger partial charge in [0.1, 0.15) is 0 Å². The lowest BCUT2D eigenvalue weighted by molar-refractivity contribution is -0.129. The molecule has 4 heteroatoms. The van der Waals surface area contributed by atoms with Crippen LogP contribution < -0.4 is 5.32 Å². The zero-order valence-corrected chi connectivity index (χ0v) is 13.5. The number of fused-ring (bicyclic) bond motifs is 1. The van der Waals surface area contributed by atoms with Crippen LogP contribution in [0, 0.1) is 5.92 Å². The van der Waals surface area contributed by atoms with E-state index in [0.29, 0.717) is 18.2 Å². The first kappa shape index (κ1) is 16.3. The SMILES string of the molecule is CNCC1CCN(C(=O)Cc2ccc3c(c2)CCC3)C1.Cl. The third kappa shape index (κ3) is 3.78. The molecule has 0 bridgehead atoms. The Kier molecular flexibility index (Phi) is 5.65. The van der Waals surface area contributed by atoms with Crippen molar-refractivity contribution in [3.05, 3.63) is 34.9 Å². The first-order valence-corrected chi connectivity index (χ1v) is 7.79. The molecule has 1 N–H and O–H groups in total. The van der Waals surface area contributed by atoms with Gasteiger partial charge in [-0.15, -0.1) is 12.4 Å². The average molecular weight is 309 g/mol. The highest BCUT2D eigenvalue weighted by Gasteiger charge is 2.25. The normalized spacial score (nSPS) is 20.2. The number of amides is 1. The number of hydrogen-bond acceptors (Lipinski definition) is 2. The quantitative estimate of drug-likeness (QED) is 0.925. The van der Waals surface area contributed by atoms with Gasteiger partial charge in [-0.2, -0.15) is 0 Å². The lowest BCUT2D eigenvalue weighted by Gasteiger charge is -2.17. The van der Waals surface area contributed by atoms with E-state index in [1.165, 1.54) is 36.0 Å². The third-order valence-corrected chi connectivity index (χ3v) is 4.65. The lowest BCUT2D eigenvalue weighted by atomic mass is 10.0. The van der Waals surface area contributed by atoms with Gasteiger partial charge in [0.15, 0.2) is 0 Å². The Morgan fingerprint density at radius 1 is 1.33 bits per heavy atom. The Morgan fingerprint density at radius 2 is 2.14 bits per heavy atom. The van der Waals surface area contributed by atoms with Crippen LogP contribution in [0.3, 0.4) is 0 Å². The Bertz CT molecular complexity index is 504. The van der Waals surface area contributed by atoms with Gasteiger partial charge in [-0.3, -0.25) is 4.79 Å². The maximum absolute atomic E-state index is 12.4. The first-order chi connectivity index (χ1) is 9.76. The molecule has 1 aliphatic carbocycles. The average Bonchev–Trinajstić information content (AvgIpc) is 3.07. The molecule has 1 aliphatic heterocycles. The van der Waals surface area contributed by atoms with Crippen molar-refractivity contribution < 1.29 is 4.79 Å². The minimum Gasteiger partial charge on any atom is -0.342 e. The van der Waals surface area contributed by atoms with Crippen molar-refractivity contribution >= 4 is 18.3 Å². The van der Waals surface area contributed by atoms with E-state index < -0.39 is 0 Å². The van der Waals surface area contributed by atoms with E-state index in [2.05, 4.69) is 23.5 Å². The molecule has 1 unspecified atom stereocenters. The number of nitrogens with zero attached hydrogens (tertiary/aromatic N) is 1. The van der Waals surface area contributed by atoms with Crippen LogP contribution in [0.15, 0.2) is 18.2 Å². The number of carbonyl (C=O) groups is 1. The molecule has 0 spiro atoms. The van der Waals surface area contributed by atoms with E-state index in [1.807, 2.05) is 11.9 Å². The minimum absolute atomic E-state index is 0. The number of carbonyl (C=O) groups excluding carboxylic acids is 1. The highest BCUT2D eigenvalue weighted by molar-refractivity contribution is 5.85. The molecular formula is C17H25ClN2O. The number of hydrogen-bond donors (Lipinski definition) is 1. The fourth-order valence-corrected chi connectivity index (χ4v) is 3.54. The molecule has 2 aliphatic rings. The van der Waals surface area contributed by atoms with Crippen molar-refractivity contribution in [2.75, 3.05) is 26.7 Å². The molecule has 3 rings (SSSR count). The van der Waals surface area contributed by atoms with E-state index in [9.17, 15) is 4.79 Å². The molecule has 21 heavy (non-hydrogen) atoms. The van der Waals surface area contributed by atoms with Gasteiger partial charge in [0.25, 0.3) is 0 Å². The highest BCUT2D eigenvalue weighted by Crippen LogP contribution is 2.23. The second-order valence-corrected chi connectivity index (χ2v) is 6.19. The van der Waals surface area contributed by atoms with Crippen molar-refractivity contribution in [3.8, 4) is 0 Å². The fourth-order valence-electron chi connectivity index (χ4n) is 3.54. The van der Waals surface area contributed by atoms with Crippen LogP contribution in [0.4, 0.5) is 0 Å². The molecule has 0 saturated carbocycles. The summed E-state index contributed by atoms with van der Waals surface area (Å²) in [5, 5.41) is 3.21. The summed E-state index contributed by atoms with van der Waals surface area (Å²) in [6.07, 6.45) is 5.37. The molecule has 1 atom stereocenters. The topological polar surface area (TPSA) is 32.3 Å². The molecule has 3 nitrogen and oxygen atoms in total. The number of aryl methyl sites for hydroxylation is 2. The molecule has 1 saturated heterocycles. The summed E-state index contributed by atoms with van der Waals surface area (Å²) < 4.78 is 0. The maximum atomic E-state index is 12.4. The van der Waals surface area contributed by atoms with Gasteiger partial charge in [0.05, 0.1) is 6.42 Å². The van der Waals surface area contributed by atoms with Crippen molar-refractivity contribution in [1.82, 2.24) is 10.2 Å². The second kappa shape index (κ2) is 7.28. The van der Waals surface area contributed by atoms with E-state index >= 15 is 0 Å². The number of nitrogens with one attached hydrogen (secondary N) is 1. The summed E-state index contributed by atoms with van der Waals surface area (Å²) >= 11 is 0. The number of likely N-dealkylation sites (tertiary alicyclic amines) is 1. The summed E-state index contributed by atoms with van der Waals surface area (Å²) in [5.74, 6) is 0.922. The standard InChI is InChI=1S/C17H24N2O.ClH/c1-18-11-14-7-8-19(12-14)17(20)10-13-5-6-15-3-2-4-16(15)9-13;/h5-6,9,14,18H,2-4,7-8,10-12H2,1H3;1H. The van der Waals surface area contributed by atoms with Crippen LogP contribution in [-0.4, -0.2) is 37.5 Å². The van der Waals surface area contributed by atoms with Gasteiger partial charge >= 0.3 is 0 Å². The lowest BCUT2D eigenvalue weighted by Crippen LogP contribution is -2.31. The van der Waals surface area contributed by atoms with Gasteiger partial charge in [-0.05, 0) is 61.9 Å². The third-order valence-electron chi connectivity index (χ3n) is 4.65. The Labute approximate surface area is 133 Å². The molecule has 1 amide bonds. The van der Waals surface area contributed by atoms with Crippen LogP contribution >= 0.6 is 12.4 Å². The monoisotopic (exact) mass is 308 g/mol. The highest BCUT2D eigenvalue weighted by atomic mass is 35.5. The zero-order chi connectivity index (χ0) is 13.9. The Morgan fingerprint density at radius 3 is 2.95 bits per heavy atom. The predicted octanol–water partition coefficient (Wildman–Crippen LogP) is 2.21. The van der Waals surface area contributed by atoms with E-state index in [1.54, 1.807) is 0 Å². The van der Waals surface area contributed by atoms with E-state index in [0.717, 1.165) is 26.1 Å². The van der Waals surface area contributed by atoms with Gasteiger partial charge in [-0.25, -0.2) is 0 Å². The van der Waals surface area contributed by atoms with Crippen molar-refractivity contribution in [3.63, 3.8) is 0 Å². The molecular weight excluding hydrogens is 284 g/mol. The number of benzene rings is 1. The van der Waals surface area contributed by atoms with Crippen LogP contribution in [0.2, 0.25) is 0 Å². The summed E-state index contributed by atoms with van der Waals surface area (Å²) in [6.45, 7) is 2.86. The van der Waals surface area contributed by atoms with Crippen molar-refractivity contribution in [1.29, 1.82) is 0 Å². The van der Waals surface area contributed by atoms with Crippen molar-refractivity contribution in [2.24, 2.45) is 5.92 Å². The second-order valence-electron chi connectivity index (χ2n) is 6.19. The van der Waals surface area contributed by atoms with E-state index in [4.69, 9.17) is 0 Å². The zero-order valence-electron chi connectivity index (χ0n) is 12.7. The number of rotatable bonds is 4. The molecule has 1 aromatic carbocycles. The summed E-state index contributed by atoms with van der Waals surface area (Å²) in [4.78, 5) is 14.4. The van der Waals surface area contributed by atoms with Gasteiger partial charge in [-0.1, -0.05) is 18.2 Å². The van der Waals surface area contributed by atoms with Crippen LogP contribution in [0.1, 0.15) is 29.5 Å². The molecule has 1 fully saturated rings. The molecule has 0 radical (unpaired) electrons. The molecule has 1 aromatic rings. The Hall–Kier alpha value is -1.06. The fraction of sp³-hybridized carbons (Fsp3) is 0.588. The Balaban J connectivity index is 0.00000161. The van der Waals surface area contributed by atoms with Gasteiger partial charge in [0, 0.05) is 13.1 Å². The molecule has 1 heterocycles. The molecule has 116 valence electrons. The predicted molar refractivity (Wildman–Crippen MR) is 88.0 cm³/mol.